The fraction of sp³-hybridized carbons (Fsp3) is 0.517. The van der Waals surface area contributed by atoms with E-state index in [1.165, 1.54) is 11.1 Å². The summed E-state index contributed by atoms with van der Waals surface area (Å²) in [5.41, 5.74) is 3.61. The van der Waals surface area contributed by atoms with Crippen LogP contribution in [0.1, 0.15) is 63.3 Å². The van der Waals surface area contributed by atoms with E-state index in [2.05, 4.69) is 65.3 Å². The highest BCUT2D eigenvalue weighted by Crippen LogP contribution is 2.19. The molecule has 0 bridgehead atoms. The summed E-state index contributed by atoms with van der Waals surface area (Å²) in [6, 6.07) is 16.8. The summed E-state index contributed by atoms with van der Waals surface area (Å²) >= 11 is 0. The van der Waals surface area contributed by atoms with E-state index < -0.39 is 0 Å². The van der Waals surface area contributed by atoms with Crippen LogP contribution >= 0.6 is 0 Å². The van der Waals surface area contributed by atoms with Crippen LogP contribution < -0.4 is 10.1 Å². The van der Waals surface area contributed by atoms with E-state index in [4.69, 9.17) is 14.5 Å². The van der Waals surface area contributed by atoms with Crippen LogP contribution in [0, 0.1) is 0 Å². The normalized spacial score (nSPS) is 15.5. The third-order valence-corrected chi connectivity index (χ3v) is 6.71. The van der Waals surface area contributed by atoms with Crippen LogP contribution in [0.4, 0.5) is 0 Å². The fourth-order valence-electron chi connectivity index (χ4n) is 4.64. The van der Waals surface area contributed by atoms with Crippen LogP contribution in [0.2, 0.25) is 0 Å². The second kappa shape index (κ2) is 13.3. The van der Waals surface area contributed by atoms with Crippen LogP contribution in [-0.2, 0) is 28.9 Å². The first kappa shape index (κ1) is 25.2. The van der Waals surface area contributed by atoms with Gasteiger partial charge in [0.2, 0.25) is 5.91 Å². The number of aryl methyl sites for hydroxylation is 3. The molecule has 1 amide bonds. The van der Waals surface area contributed by atoms with Crippen molar-refractivity contribution >= 4 is 16.9 Å². The molecule has 1 unspecified atom stereocenters. The zero-order valence-corrected chi connectivity index (χ0v) is 21.0. The quantitative estimate of drug-likeness (QED) is 0.313. The van der Waals surface area contributed by atoms with E-state index in [0.29, 0.717) is 6.61 Å². The molecule has 4 rings (SSSR count). The minimum Gasteiger partial charge on any atom is -0.494 e. The zero-order chi connectivity index (χ0) is 24.3. The van der Waals surface area contributed by atoms with Gasteiger partial charge in [0.1, 0.15) is 17.7 Å². The van der Waals surface area contributed by atoms with E-state index in [1.807, 2.05) is 0 Å². The molecule has 0 radical (unpaired) electrons. The van der Waals surface area contributed by atoms with Crippen LogP contribution in [0.25, 0.3) is 11.0 Å². The molecule has 3 aromatic rings. The minimum atomic E-state index is -0.234. The van der Waals surface area contributed by atoms with Gasteiger partial charge in [0.05, 0.1) is 17.6 Å². The van der Waals surface area contributed by atoms with Crippen molar-refractivity contribution in [2.24, 2.45) is 0 Å². The molecule has 0 aliphatic carbocycles. The van der Waals surface area contributed by atoms with Gasteiger partial charge in [0.15, 0.2) is 0 Å². The lowest BCUT2D eigenvalue weighted by atomic mass is 10.1. The smallest absolute Gasteiger partial charge is 0.249 e. The molecule has 1 saturated heterocycles. The van der Waals surface area contributed by atoms with Crippen molar-refractivity contribution in [1.29, 1.82) is 0 Å². The van der Waals surface area contributed by atoms with Crippen molar-refractivity contribution < 1.29 is 14.3 Å². The highest BCUT2D eigenvalue weighted by atomic mass is 16.5. The van der Waals surface area contributed by atoms with E-state index in [9.17, 15) is 4.79 Å². The van der Waals surface area contributed by atoms with Gasteiger partial charge in [-0.15, -0.1) is 0 Å². The predicted molar refractivity (Wildman–Crippen MR) is 140 cm³/mol. The standard InChI is InChI=1S/C29H39N3O3/c1-2-23-15-17-24(18-16-23)34-21-9-8-20-32-26-12-6-5-11-25(26)31-28(32)14-4-3-7-19-30-29(33)27-13-10-22-35-27/h5-6,11-12,15-18,27H,2-4,7-10,13-14,19-22H2,1H3,(H,30,33). The third kappa shape index (κ3) is 7.31. The molecule has 2 aromatic carbocycles. The van der Waals surface area contributed by atoms with E-state index >= 15 is 0 Å². The number of nitrogens with zero attached hydrogens (tertiary/aromatic N) is 2. The number of unbranched alkanes of at least 4 members (excludes halogenated alkanes) is 3. The average molecular weight is 478 g/mol. The van der Waals surface area contributed by atoms with Gasteiger partial charge in [-0.3, -0.25) is 4.79 Å². The Balaban J connectivity index is 1.20. The maximum atomic E-state index is 12.0. The number of nitrogens with one attached hydrogen (secondary N) is 1. The van der Waals surface area contributed by atoms with E-state index in [-0.39, 0.29) is 12.0 Å². The monoisotopic (exact) mass is 477 g/mol. The van der Waals surface area contributed by atoms with E-state index in [0.717, 1.165) is 94.6 Å². The number of carbonyl (C=O) groups is 1. The van der Waals surface area contributed by atoms with Crippen molar-refractivity contribution in [3.8, 4) is 5.75 Å². The largest absolute Gasteiger partial charge is 0.494 e. The van der Waals surface area contributed by atoms with Gasteiger partial charge in [-0.05, 0) is 74.8 Å². The molecule has 1 aliphatic rings. The Bertz CT molecular complexity index is 1050. The number of rotatable bonds is 14. The zero-order valence-electron chi connectivity index (χ0n) is 21.0. The molecule has 1 N–H and O–H groups in total. The maximum Gasteiger partial charge on any atom is 0.249 e. The van der Waals surface area contributed by atoms with Crippen LogP contribution in [-0.4, -0.2) is 41.3 Å². The van der Waals surface area contributed by atoms with Gasteiger partial charge >= 0.3 is 0 Å². The number of para-hydroxylation sites is 2. The Labute approximate surface area is 209 Å². The number of ether oxygens (including phenoxy) is 2. The SMILES string of the molecule is CCc1ccc(OCCCCn2c(CCCCCNC(=O)C3CCCO3)nc3ccccc32)cc1. The number of imidazole rings is 1. The summed E-state index contributed by atoms with van der Waals surface area (Å²) in [6.45, 7) is 5.27. The molecule has 2 heterocycles. The highest BCUT2D eigenvalue weighted by Gasteiger charge is 2.22. The lowest BCUT2D eigenvalue weighted by molar-refractivity contribution is -0.130. The lowest BCUT2D eigenvalue weighted by Gasteiger charge is -2.11. The van der Waals surface area contributed by atoms with Gasteiger partial charge in [-0.2, -0.15) is 0 Å². The summed E-state index contributed by atoms with van der Waals surface area (Å²) in [5, 5.41) is 3.02. The van der Waals surface area contributed by atoms with Crippen molar-refractivity contribution in [2.45, 2.75) is 77.4 Å². The molecule has 6 heteroatoms. The maximum absolute atomic E-state index is 12.0. The summed E-state index contributed by atoms with van der Waals surface area (Å²) < 4.78 is 13.8. The molecule has 6 nitrogen and oxygen atoms in total. The van der Waals surface area contributed by atoms with Gasteiger partial charge in [0.25, 0.3) is 0 Å². The minimum absolute atomic E-state index is 0.0475. The first-order valence-electron chi connectivity index (χ1n) is 13.3. The van der Waals surface area contributed by atoms with Crippen molar-refractivity contribution in [2.75, 3.05) is 19.8 Å². The molecule has 0 spiro atoms. The molecular weight excluding hydrogens is 438 g/mol. The molecular formula is C29H39N3O3. The van der Waals surface area contributed by atoms with Crippen LogP contribution in [0.15, 0.2) is 48.5 Å². The number of benzene rings is 2. The second-order valence-electron chi connectivity index (χ2n) is 9.32. The van der Waals surface area contributed by atoms with Crippen LogP contribution in [0.5, 0.6) is 5.75 Å². The highest BCUT2D eigenvalue weighted by molar-refractivity contribution is 5.80. The van der Waals surface area contributed by atoms with Crippen molar-refractivity contribution in [1.82, 2.24) is 14.9 Å². The number of hydrogen-bond acceptors (Lipinski definition) is 4. The summed E-state index contributed by atoms with van der Waals surface area (Å²) in [4.78, 5) is 17.0. The second-order valence-corrected chi connectivity index (χ2v) is 9.32. The van der Waals surface area contributed by atoms with Gasteiger partial charge < -0.3 is 19.4 Å². The lowest BCUT2D eigenvalue weighted by Crippen LogP contribution is -2.34. The fourth-order valence-corrected chi connectivity index (χ4v) is 4.64. The average Bonchev–Trinajstić information content (AvgIpc) is 3.55. The summed E-state index contributed by atoms with van der Waals surface area (Å²) in [7, 11) is 0. The first-order chi connectivity index (χ1) is 17.2. The van der Waals surface area contributed by atoms with Crippen molar-refractivity contribution in [3.05, 3.63) is 59.9 Å². The Morgan fingerprint density at radius 2 is 1.94 bits per heavy atom. The molecule has 1 aliphatic heterocycles. The molecule has 1 fully saturated rings. The number of amides is 1. The molecule has 35 heavy (non-hydrogen) atoms. The number of hydrogen-bond donors (Lipinski definition) is 1. The molecule has 1 atom stereocenters. The topological polar surface area (TPSA) is 65.4 Å². The Morgan fingerprint density at radius 3 is 2.74 bits per heavy atom. The van der Waals surface area contributed by atoms with Gasteiger partial charge in [0, 0.05) is 26.1 Å². The number of carbonyl (C=O) groups excluding carboxylic acids is 1. The number of aromatic nitrogens is 2. The molecule has 1 aromatic heterocycles. The molecule has 0 saturated carbocycles. The predicted octanol–water partition coefficient (Wildman–Crippen LogP) is 5.47. The Morgan fingerprint density at radius 1 is 1.09 bits per heavy atom. The Hall–Kier alpha value is -2.86. The summed E-state index contributed by atoms with van der Waals surface area (Å²) in [5.74, 6) is 2.15. The van der Waals surface area contributed by atoms with Gasteiger partial charge in [-0.1, -0.05) is 37.6 Å². The van der Waals surface area contributed by atoms with E-state index in [1.54, 1.807) is 0 Å². The third-order valence-electron chi connectivity index (χ3n) is 6.71. The van der Waals surface area contributed by atoms with Gasteiger partial charge in [-0.25, -0.2) is 4.98 Å². The summed E-state index contributed by atoms with van der Waals surface area (Å²) in [6.07, 6.45) is 8.77. The van der Waals surface area contributed by atoms with Crippen LogP contribution in [0.3, 0.4) is 0 Å². The number of fused-ring (bicyclic) bond motifs is 1. The first-order valence-corrected chi connectivity index (χ1v) is 13.3. The van der Waals surface area contributed by atoms with Crippen molar-refractivity contribution in [3.63, 3.8) is 0 Å². The Kier molecular flexibility index (Phi) is 9.58. The molecule has 188 valence electrons.